The van der Waals surface area contributed by atoms with Crippen molar-refractivity contribution < 1.29 is 9.53 Å². The number of fused-ring (bicyclic) bond motifs is 1. The van der Waals surface area contributed by atoms with Crippen LogP contribution in [0.25, 0.3) is 0 Å². The molecule has 1 aromatic heterocycles. The number of likely N-dealkylation sites (tertiary alicyclic amines) is 1. The summed E-state index contributed by atoms with van der Waals surface area (Å²) in [6, 6.07) is 12.8. The maximum atomic E-state index is 12.9. The average Bonchev–Trinajstić information content (AvgIpc) is 3.25. The van der Waals surface area contributed by atoms with Crippen LogP contribution in [0, 0.1) is 18.8 Å². The van der Waals surface area contributed by atoms with Gasteiger partial charge in [0.25, 0.3) is 0 Å². The van der Waals surface area contributed by atoms with Crippen LogP contribution < -0.4 is 4.90 Å². The van der Waals surface area contributed by atoms with E-state index in [9.17, 15) is 4.79 Å². The first kappa shape index (κ1) is 18.0. The Morgan fingerprint density at radius 2 is 1.93 bits per heavy atom. The number of hydrogen-bond donors (Lipinski definition) is 0. The highest BCUT2D eigenvalue weighted by molar-refractivity contribution is 5.77. The van der Waals surface area contributed by atoms with Crippen LogP contribution in [0.2, 0.25) is 0 Å². The van der Waals surface area contributed by atoms with Crippen molar-refractivity contribution in [3.63, 3.8) is 0 Å². The molecule has 4 rings (SSSR count). The molecule has 0 unspecified atom stereocenters. The van der Waals surface area contributed by atoms with Gasteiger partial charge in [-0.05, 0) is 30.2 Å². The van der Waals surface area contributed by atoms with Gasteiger partial charge in [0.05, 0.1) is 19.1 Å². The van der Waals surface area contributed by atoms with Crippen LogP contribution in [0.3, 0.4) is 0 Å². The number of carbonyl (C=O) groups excluding carboxylic acids is 1. The standard InChI is InChI=1S/C22H27N3O2/c1-16-5-3-4-6-19(16)22-20-15-24(18-7-10-23-11-8-18)13-17(20)14-25(22)21(26)9-12-27-2/h3-8,10-11,17,20,22H,9,12-15H2,1-2H3/t17-,20-,22-/m0/s1. The first-order valence-electron chi connectivity index (χ1n) is 9.68. The van der Waals surface area contributed by atoms with Gasteiger partial charge in [0, 0.05) is 56.7 Å². The van der Waals surface area contributed by atoms with Gasteiger partial charge in [-0.15, -0.1) is 0 Å². The van der Waals surface area contributed by atoms with Crippen LogP contribution in [0.1, 0.15) is 23.6 Å². The zero-order valence-corrected chi connectivity index (χ0v) is 16.0. The molecular formula is C22H27N3O2. The van der Waals surface area contributed by atoms with Crippen LogP contribution >= 0.6 is 0 Å². The molecule has 27 heavy (non-hydrogen) atoms. The molecule has 0 radical (unpaired) electrons. The second kappa shape index (κ2) is 7.69. The molecule has 2 aromatic rings. The quantitative estimate of drug-likeness (QED) is 0.817. The topological polar surface area (TPSA) is 45.7 Å². The van der Waals surface area contributed by atoms with E-state index >= 15 is 0 Å². The van der Waals surface area contributed by atoms with E-state index in [1.54, 1.807) is 7.11 Å². The lowest BCUT2D eigenvalue weighted by Crippen LogP contribution is -2.36. The van der Waals surface area contributed by atoms with E-state index in [4.69, 9.17) is 4.74 Å². The Morgan fingerprint density at radius 1 is 1.15 bits per heavy atom. The largest absolute Gasteiger partial charge is 0.384 e. The summed E-state index contributed by atoms with van der Waals surface area (Å²) in [5.41, 5.74) is 3.77. The second-order valence-corrected chi connectivity index (χ2v) is 7.62. The van der Waals surface area contributed by atoms with Gasteiger partial charge in [-0.25, -0.2) is 0 Å². The number of aryl methyl sites for hydroxylation is 1. The Morgan fingerprint density at radius 3 is 2.67 bits per heavy atom. The Bertz CT molecular complexity index is 795. The number of pyridine rings is 1. The van der Waals surface area contributed by atoms with Crippen molar-refractivity contribution in [1.29, 1.82) is 0 Å². The second-order valence-electron chi connectivity index (χ2n) is 7.62. The van der Waals surface area contributed by atoms with Crippen molar-refractivity contribution >= 4 is 11.6 Å². The van der Waals surface area contributed by atoms with Crippen molar-refractivity contribution in [2.75, 3.05) is 38.3 Å². The van der Waals surface area contributed by atoms with Crippen LogP contribution in [0.5, 0.6) is 0 Å². The maximum absolute atomic E-state index is 12.9. The predicted molar refractivity (Wildman–Crippen MR) is 106 cm³/mol. The molecule has 0 spiro atoms. The zero-order valence-electron chi connectivity index (χ0n) is 16.0. The van der Waals surface area contributed by atoms with Crippen molar-refractivity contribution in [3.8, 4) is 0 Å². The fourth-order valence-corrected chi connectivity index (χ4v) is 4.72. The summed E-state index contributed by atoms with van der Waals surface area (Å²) in [6.07, 6.45) is 4.15. The number of aromatic nitrogens is 1. The van der Waals surface area contributed by atoms with E-state index in [0.717, 1.165) is 19.6 Å². The minimum absolute atomic E-state index is 0.146. The molecule has 2 aliphatic rings. The SMILES string of the molecule is COCCC(=O)N1C[C@@H]2CN(c3ccncc3)C[C@@H]2[C@@H]1c1ccccc1C. The summed E-state index contributed by atoms with van der Waals surface area (Å²) in [7, 11) is 1.65. The summed E-state index contributed by atoms with van der Waals surface area (Å²) in [6.45, 7) is 5.42. The van der Waals surface area contributed by atoms with Gasteiger partial charge in [0.1, 0.15) is 0 Å². The molecule has 2 aliphatic heterocycles. The van der Waals surface area contributed by atoms with E-state index in [0.29, 0.717) is 24.9 Å². The summed E-state index contributed by atoms with van der Waals surface area (Å²) in [4.78, 5) is 21.6. The molecule has 3 atom stereocenters. The number of amides is 1. The highest BCUT2D eigenvalue weighted by Gasteiger charge is 2.49. The number of carbonyl (C=O) groups is 1. The Kier molecular flexibility index (Phi) is 5.12. The predicted octanol–water partition coefficient (Wildman–Crippen LogP) is 3.06. The smallest absolute Gasteiger partial charge is 0.225 e. The lowest BCUT2D eigenvalue weighted by atomic mass is 9.87. The third kappa shape index (κ3) is 3.44. The monoisotopic (exact) mass is 365 g/mol. The Hall–Kier alpha value is -2.40. The van der Waals surface area contributed by atoms with Gasteiger partial charge in [-0.1, -0.05) is 24.3 Å². The van der Waals surface area contributed by atoms with E-state index in [1.807, 2.05) is 12.4 Å². The van der Waals surface area contributed by atoms with E-state index in [1.165, 1.54) is 16.8 Å². The summed E-state index contributed by atoms with van der Waals surface area (Å²) >= 11 is 0. The Labute approximate surface area is 161 Å². The molecule has 3 heterocycles. The molecule has 1 amide bonds. The van der Waals surface area contributed by atoms with Crippen molar-refractivity contribution in [2.24, 2.45) is 11.8 Å². The number of nitrogens with zero attached hydrogens (tertiary/aromatic N) is 3. The van der Waals surface area contributed by atoms with Crippen molar-refractivity contribution in [3.05, 3.63) is 59.9 Å². The zero-order chi connectivity index (χ0) is 18.8. The first-order valence-corrected chi connectivity index (χ1v) is 9.68. The lowest BCUT2D eigenvalue weighted by Gasteiger charge is -2.31. The maximum Gasteiger partial charge on any atom is 0.225 e. The van der Waals surface area contributed by atoms with Gasteiger partial charge in [0.2, 0.25) is 5.91 Å². The summed E-state index contributed by atoms with van der Waals surface area (Å²) in [5, 5.41) is 0. The fraction of sp³-hybridized carbons (Fsp3) is 0.455. The van der Waals surface area contributed by atoms with Crippen molar-refractivity contribution in [2.45, 2.75) is 19.4 Å². The number of anilines is 1. The Balaban J connectivity index is 1.62. The van der Waals surface area contributed by atoms with Crippen LogP contribution in [-0.4, -0.2) is 49.1 Å². The lowest BCUT2D eigenvalue weighted by molar-refractivity contribution is -0.133. The number of rotatable bonds is 5. The van der Waals surface area contributed by atoms with Gasteiger partial charge in [0.15, 0.2) is 0 Å². The van der Waals surface area contributed by atoms with Crippen LogP contribution in [0.15, 0.2) is 48.8 Å². The first-order chi connectivity index (χ1) is 13.2. The van der Waals surface area contributed by atoms with E-state index in [2.05, 4.69) is 58.1 Å². The molecule has 0 N–H and O–H groups in total. The molecule has 2 fully saturated rings. The highest BCUT2D eigenvalue weighted by atomic mass is 16.5. The molecule has 0 saturated carbocycles. The molecule has 5 nitrogen and oxygen atoms in total. The fourth-order valence-electron chi connectivity index (χ4n) is 4.72. The number of methoxy groups -OCH3 is 1. The normalized spacial score (nSPS) is 24.3. The van der Waals surface area contributed by atoms with Crippen molar-refractivity contribution in [1.82, 2.24) is 9.88 Å². The minimum atomic E-state index is 0.146. The molecule has 0 aliphatic carbocycles. The van der Waals surface area contributed by atoms with E-state index < -0.39 is 0 Å². The van der Waals surface area contributed by atoms with Gasteiger partial charge in [-0.2, -0.15) is 0 Å². The van der Waals surface area contributed by atoms with Crippen LogP contribution in [0.4, 0.5) is 5.69 Å². The molecule has 5 heteroatoms. The highest BCUT2D eigenvalue weighted by Crippen LogP contribution is 2.46. The van der Waals surface area contributed by atoms with Gasteiger partial charge in [-0.3, -0.25) is 9.78 Å². The number of hydrogen-bond acceptors (Lipinski definition) is 4. The molecule has 1 aromatic carbocycles. The molecule has 142 valence electrons. The average molecular weight is 365 g/mol. The van der Waals surface area contributed by atoms with E-state index in [-0.39, 0.29) is 11.9 Å². The minimum Gasteiger partial charge on any atom is -0.384 e. The number of ether oxygens (including phenoxy) is 1. The third-order valence-electron chi connectivity index (χ3n) is 6.04. The molecule has 2 saturated heterocycles. The summed E-state index contributed by atoms with van der Waals surface area (Å²) < 4.78 is 5.14. The molecular weight excluding hydrogens is 338 g/mol. The molecule has 0 bridgehead atoms. The van der Waals surface area contributed by atoms with Crippen LogP contribution in [-0.2, 0) is 9.53 Å². The summed E-state index contributed by atoms with van der Waals surface area (Å²) in [5.74, 6) is 1.15. The third-order valence-corrected chi connectivity index (χ3v) is 6.04. The van der Waals surface area contributed by atoms with Gasteiger partial charge < -0.3 is 14.5 Å². The number of benzene rings is 1. The van der Waals surface area contributed by atoms with Gasteiger partial charge >= 0.3 is 0 Å².